The number of rotatable bonds is 3. The van der Waals surface area contributed by atoms with Crippen LogP contribution in [0.4, 0.5) is 0 Å². The molecule has 100 valence electrons. The average Bonchev–Trinajstić information content (AvgIpc) is 2.32. The minimum absolute atomic E-state index is 0.330. The third-order valence-corrected chi connectivity index (χ3v) is 3.83. The SMILES string of the molecule is CS(=O)(=O)O[C@H]1CC[C@](O)(c2ccccn2)CC1. The Kier molecular flexibility index (Phi) is 3.70. The van der Waals surface area contributed by atoms with Crippen LogP contribution in [0.2, 0.25) is 0 Å². The van der Waals surface area contributed by atoms with E-state index in [4.69, 9.17) is 4.18 Å². The van der Waals surface area contributed by atoms with Crippen molar-refractivity contribution in [1.29, 1.82) is 0 Å². The van der Waals surface area contributed by atoms with Crippen molar-refractivity contribution in [1.82, 2.24) is 4.98 Å². The lowest BCUT2D eigenvalue weighted by atomic mass is 9.81. The zero-order valence-corrected chi connectivity index (χ0v) is 11.1. The Balaban J connectivity index is 2.02. The van der Waals surface area contributed by atoms with Crippen LogP contribution in [0.15, 0.2) is 24.4 Å². The highest BCUT2D eigenvalue weighted by Gasteiger charge is 2.37. The van der Waals surface area contributed by atoms with Gasteiger partial charge in [-0.05, 0) is 37.8 Å². The van der Waals surface area contributed by atoms with Gasteiger partial charge in [-0.25, -0.2) is 0 Å². The van der Waals surface area contributed by atoms with Crippen LogP contribution in [0.3, 0.4) is 0 Å². The monoisotopic (exact) mass is 271 g/mol. The molecule has 0 saturated heterocycles. The second-order valence-electron chi connectivity index (χ2n) is 4.75. The normalized spacial score (nSPS) is 29.1. The molecule has 0 unspecified atom stereocenters. The van der Waals surface area contributed by atoms with Crippen molar-refractivity contribution in [2.75, 3.05) is 6.26 Å². The Morgan fingerprint density at radius 1 is 1.39 bits per heavy atom. The molecule has 0 aliphatic heterocycles. The number of aliphatic hydroxyl groups is 1. The highest BCUT2D eigenvalue weighted by Crippen LogP contribution is 2.37. The van der Waals surface area contributed by atoms with Gasteiger partial charge in [0, 0.05) is 6.20 Å². The summed E-state index contributed by atoms with van der Waals surface area (Å²) in [6.45, 7) is 0. The lowest BCUT2D eigenvalue weighted by molar-refractivity contribution is -0.0322. The molecular formula is C12H17NO4S. The van der Waals surface area contributed by atoms with Crippen LogP contribution >= 0.6 is 0 Å². The van der Waals surface area contributed by atoms with E-state index in [0.29, 0.717) is 31.4 Å². The third kappa shape index (κ3) is 3.28. The molecule has 0 aromatic carbocycles. The van der Waals surface area contributed by atoms with Gasteiger partial charge in [-0.3, -0.25) is 9.17 Å². The minimum atomic E-state index is -3.42. The van der Waals surface area contributed by atoms with Crippen LogP contribution in [-0.4, -0.2) is 30.9 Å². The van der Waals surface area contributed by atoms with E-state index in [2.05, 4.69) is 4.98 Å². The zero-order chi connectivity index (χ0) is 13.2. The molecule has 0 amide bonds. The molecule has 1 N–H and O–H groups in total. The maximum atomic E-state index is 11.0. The first-order chi connectivity index (χ1) is 8.39. The van der Waals surface area contributed by atoms with E-state index in [1.165, 1.54) is 0 Å². The highest BCUT2D eigenvalue weighted by atomic mass is 32.2. The largest absolute Gasteiger partial charge is 0.384 e. The summed E-state index contributed by atoms with van der Waals surface area (Å²) in [5.74, 6) is 0. The van der Waals surface area contributed by atoms with Gasteiger partial charge in [0.15, 0.2) is 0 Å². The molecule has 2 rings (SSSR count). The number of nitrogens with zero attached hydrogens (tertiary/aromatic N) is 1. The van der Waals surface area contributed by atoms with Crippen molar-refractivity contribution in [3.8, 4) is 0 Å². The first-order valence-corrected chi connectivity index (χ1v) is 7.73. The minimum Gasteiger partial charge on any atom is -0.384 e. The Bertz CT molecular complexity index is 492. The van der Waals surface area contributed by atoms with Gasteiger partial charge in [-0.2, -0.15) is 8.42 Å². The fourth-order valence-electron chi connectivity index (χ4n) is 2.31. The maximum absolute atomic E-state index is 11.0. The summed E-state index contributed by atoms with van der Waals surface area (Å²) in [7, 11) is -3.42. The molecule has 0 atom stereocenters. The second kappa shape index (κ2) is 4.95. The first kappa shape index (κ1) is 13.5. The van der Waals surface area contributed by atoms with Crippen molar-refractivity contribution in [2.24, 2.45) is 0 Å². The van der Waals surface area contributed by atoms with E-state index in [9.17, 15) is 13.5 Å². The van der Waals surface area contributed by atoms with Gasteiger partial charge in [-0.1, -0.05) is 6.07 Å². The molecule has 0 spiro atoms. The molecular weight excluding hydrogens is 254 g/mol. The van der Waals surface area contributed by atoms with Crippen molar-refractivity contribution in [3.63, 3.8) is 0 Å². The van der Waals surface area contributed by atoms with Gasteiger partial charge in [0.1, 0.15) is 5.60 Å². The van der Waals surface area contributed by atoms with Crippen LogP contribution in [0, 0.1) is 0 Å². The number of hydrogen-bond donors (Lipinski definition) is 1. The topological polar surface area (TPSA) is 76.5 Å². The lowest BCUT2D eigenvalue weighted by Gasteiger charge is -2.34. The Morgan fingerprint density at radius 3 is 2.56 bits per heavy atom. The van der Waals surface area contributed by atoms with Gasteiger partial charge in [0.2, 0.25) is 0 Å². The molecule has 1 aromatic rings. The van der Waals surface area contributed by atoms with E-state index < -0.39 is 15.7 Å². The summed E-state index contributed by atoms with van der Waals surface area (Å²) >= 11 is 0. The fourth-order valence-corrected chi connectivity index (χ4v) is 2.99. The Morgan fingerprint density at radius 2 is 2.06 bits per heavy atom. The predicted octanol–water partition coefficient (Wildman–Crippen LogP) is 1.19. The third-order valence-electron chi connectivity index (χ3n) is 3.21. The van der Waals surface area contributed by atoms with Crippen molar-refractivity contribution in [3.05, 3.63) is 30.1 Å². The lowest BCUT2D eigenvalue weighted by Crippen LogP contribution is -2.35. The molecule has 1 saturated carbocycles. The molecule has 6 heteroatoms. The van der Waals surface area contributed by atoms with Gasteiger partial charge < -0.3 is 5.11 Å². The second-order valence-corrected chi connectivity index (χ2v) is 6.35. The summed E-state index contributed by atoms with van der Waals surface area (Å²) in [4.78, 5) is 4.16. The van der Waals surface area contributed by atoms with Crippen LogP contribution in [0.5, 0.6) is 0 Å². The van der Waals surface area contributed by atoms with Gasteiger partial charge in [0.25, 0.3) is 10.1 Å². The molecule has 1 heterocycles. The van der Waals surface area contributed by atoms with Gasteiger partial charge >= 0.3 is 0 Å². The summed E-state index contributed by atoms with van der Waals surface area (Å²) < 4.78 is 27.0. The van der Waals surface area contributed by atoms with Gasteiger partial charge in [-0.15, -0.1) is 0 Å². The zero-order valence-electron chi connectivity index (χ0n) is 10.2. The molecule has 18 heavy (non-hydrogen) atoms. The van der Waals surface area contributed by atoms with Crippen LogP contribution < -0.4 is 0 Å². The average molecular weight is 271 g/mol. The van der Waals surface area contributed by atoms with Crippen LogP contribution in [0.25, 0.3) is 0 Å². The Labute approximate surface area is 107 Å². The quantitative estimate of drug-likeness (QED) is 0.836. The van der Waals surface area contributed by atoms with Crippen LogP contribution in [-0.2, 0) is 19.9 Å². The van der Waals surface area contributed by atoms with Gasteiger partial charge in [0.05, 0.1) is 18.1 Å². The van der Waals surface area contributed by atoms with E-state index in [0.717, 1.165) is 6.26 Å². The van der Waals surface area contributed by atoms with E-state index in [1.807, 2.05) is 6.07 Å². The van der Waals surface area contributed by atoms with E-state index in [1.54, 1.807) is 18.3 Å². The van der Waals surface area contributed by atoms with E-state index in [-0.39, 0.29) is 6.10 Å². The number of hydrogen-bond acceptors (Lipinski definition) is 5. The standard InChI is InChI=1S/C12H17NO4S/c1-18(15,16)17-10-5-7-12(14,8-6-10)11-4-2-3-9-13-11/h2-4,9-10,14H,5-8H2,1H3/t10-,12+. The van der Waals surface area contributed by atoms with E-state index >= 15 is 0 Å². The molecule has 1 aliphatic rings. The summed E-state index contributed by atoms with van der Waals surface area (Å²) in [5, 5.41) is 10.5. The Hall–Kier alpha value is -0.980. The van der Waals surface area contributed by atoms with Crippen molar-refractivity contribution < 1.29 is 17.7 Å². The molecule has 5 nitrogen and oxygen atoms in total. The summed E-state index contributed by atoms with van der Waals surface area (Å²) in [6, 6.07) is 5.42. The highest BCUT2D eigenvalue weighted by molar-refractivity contribution is 7.86. The smallest absolute Gasteiger partial charge is 0.264 e. The molecule has 1 fully saturated rings. The summed E-state index contributed by atoms with van der Waals surface area (Å²) in [6.07, 6.45) is 4.32. The van der Waals surface area contributed by atoms with Crippen LogP contribution in [0.1, 0.15) is 31.4 Å². The molecule has 1 aromatic heterocycles. The molecule has 0 bridgehead atoms. The summed E-state index contributed by atoms with van der Waals surface area (Å²) in [5.41, 5.74) is -0.318. The number of pyridine rings is 1. The molecule has 0 radical (unpaired) electrons. The molecule has 1 aliphatic carbocycles. The first-order valence-electron chi connectivity index (χ1n) is 5.91. The van der Waals surface area contributed by atoms with Crippen molar-refractivity contribution >= 4 is 10.1 Å². The predicted molar refractivity (Wildman–Crippen MR) is 66.3 cm³/mol. The number of aromatic nitrogens is 1. The fraction of sp³-hybridized carbons (Fsp3) is 0.583. The van der Waals surface area contributed by atoms with Crippen molar-refractivity contribution in [2.45, 2.75) is 37.4 Å². The maximum Gasteiger partial charge on any atom is 0.264 e.